The molecule has 0 spiro atoms. The van der Waals surface area contributed by atoms with Crippen molar-refractivity contribution in [3.8, 4) is 22.8 Å². The largest absolute Gasteiger partial charge is 0.497 e. The molecule has 1 heterocycles. The third kappa shape index (κ3) is 5.74. The number of benzene rings is 3. The number of carboxylic acids is 1. The third-order valence-electron chi connectivity index (χ3n) is 4.91. The van der Waals surface area contributed by atoms with Crippen LogP contribution < -0.4 is 10.2 Å². The molecular formula is C25H21N5O4S. The molecule has 4 rings (SSSR count). The van der Waals surface area contributed by atoms with Gasteiger partial charge in [0, 0.05) is 16.8 Å². The minimum Gasteiger partial charge on any atom is -0.497 e. The van der Waals surface area contributed by atoms with Crippen LogP contribution in [0.15, 0.2) is 89.1 Å². The smallest absolute Gasteiger partial charge is 0.336 e. The summed E-state index contributed by atoms with van der Waals surface area (Å²) >= 11 is 1.21. The molecule has 1 aromatic heterocycles. The van der Waals surface area contributed by atoms with Crippen molar-refractivity contribution in [1.82, 2.24) is 20.2 Å². The first-order chi connectivity index (χ1) is 17.1. The second kappa shape index (κ2) is 11.1. The fourth-order valence-electron chi connectivity index (χ4n) is 3.24. The fraction of sp³-hybridized carbons (Fsp3) is 0.0800. The normalized spacial score (nSPS) is 10.9. The lowest BCUT2D eigenvalue weighted by molar-refractivity contribution is -0.118. The van der Waals surface area contributed by atoms with Gasteiger partial charge in [-0.1, -0.05) is 60.3 Å². The van der Waals surface area contributed by atoms with Gasteiger partial charge in [-0.05, 0) is 30.3 Å². The molecule has 0 bridgehead atoms. The van der Waals surface area contributed by atoms with E-state index in [4.69, 9.17) is 4.74 Å². The summed E-state index contributed by atoms with van der Waals surface area (Å²) in [5.41, 5.74) is 4.61. The number of aromatic nitrogens is 3. The first kappa shape index (κ1) is 23.7. The maximum atomic E-state index is 12.4. The van der Waals surface area contributed by atoms with Crippen molar-refractivity contribution in [2.75, 3.05) is 12.9 Å². The second-order valence-corrected chi connectivity index (χ2v) is 8.12. The lowest BCUT2D eigenvalue weighted by atomic mass is 10.1. The first-order valence-corrected chi connectivity index (χ1v) is 11.5. The molecule has 0 aliphatic heterocycles. The number of rotatable bonds is 9. The quantitative estimate of drug-likeness (QED) is 0.209. The molecular weight excluding hydrogens is 466 g/mol. The molecule has 9 nitrogen and oxygen atoms in total. The van der Waals surface area contributed by atoms with Crippen molar-refractivity contribution in [3.63, 3.8) is 0 Å². The maximum absolute atomic E-state index is 12.4. The van der Waals surface area contributed by atoms with Crippen LogP contribution >= 0.6 is 11.8 Å². The van der Waals surface area contributed by atoms with Gasteiger partial charge in [-0.25, -0.2) is 10.2 Å². The Labute approximate surface area is 205 Å². The zero-order valence-corrected chi connectivity index (χ0v) is 19.5. The van der Waals surface area contributed by atoms with Gasteiger partial charge >= 0.3 is 5.97 Å². The van der Waals surface area contributed by atoms with Gasteiger partial charge in [0.15, 0.2) is 11.0 Å². The summed E-state index contributed by atoms with van der Waals surface area (Å²) in [5, 5.41) is 22.3. The van der Waals surface area contributed by atoms with Crippen molar-refractivity contribution >= 4 is 29.9 Å². The van der Waals surface area contributed by atoms with Gasteiger partial charge in [-0.3, -0.25) is 9.36 Å². The lowest BCUT2D eigenvalue weighted by Crippen LogP contribution is -2.20. The number of hydrazone groups is 1. The summed E-state index contributed by atoms with van der Waals surface area (Å²) in [6.45, 7) is 0. The molecule has 0 aliphatic rings. The summed E-state index contributed by atoms with van der Waals surface area (Å²) in [5.74, 6) is -0.0485. The highest BCUT2D eigenvalue weighted by molar-refractivity contribution is 7.99. The van der Waals surface area contributed by atoms with Crippen molar-refractivity contribution < 1.29 is 19.4 Å². The van der Waals surface area contributed by atoms with Crippen LogP contribution in [-0.4, -0.2) is 50.8 Å². The Kier molecular flexibility index (Phi) is 7.53. The Morgan fingerprint density at radius 2 is 1.74 bits per heavy atom. The van der Waals surface area contributed by atoms with E-state index in [0.717, 1.165) is 17.0 Å². The third-order valence-corrected chi connectivity index (χ3v) is 5.84. The fourth-order valence-corrected chi connectivity index (χ4v) is 3.99. The molecule has 0 saturated carbocycles. The Morgan fingerprint density at radius 1 is 1.03 bits per heavy atom. The van der Waals surface area contributed by atoms with Gasteiger partial charge in [0.1, 0.15) is 5.75 Å². The topological polar surface area (TPSA) is 119 Å². The van der Waals surface area contributed by atoms with E-state index in [1.165, 1.54) is 24.0 Å². The van der Waals surface area contributed by atoms with Crippen LogP contribution in [0, 0.1) is 0 Å². The van der Waals surface area contributed by atoms with Crippen LogP contribution in [0.1, 0.15) is 15.9 Å². The Balaban J connectivity index is 1.50. The summed E-state index contributed by atoms with van der Waals surface area (Å²) < 4.78 is 7.13. The van der Waals surface area contributed by atoms with Crippen LogP contribution in [0.25, 0.3) is 17.1 Å². The van der Waals surface area contributed by atoms with E-state index in [0.29, 0.717) is 16.5 Å². The van der Waals surface area contributed by atoms with E-state index >= 15 is 0 Å². The molecule has 3 aromatic carbocycles. The van der Waals surface area contributed by atoms with Gasteiger partial charge in [0.05, 0.1) is 24.6 Å². The number of carbonyl (C=O) groups excluding carboxylic acids is 1. The summed E-state index contributed by atoms with van der Waals surface area (Å²) in [6.07, 6.45) is 1.30. The van der Waals surface area contributed by atoms with Crippen molar-refractivity contribution in [1.29, 1.82) is 0 Å². The van der Waals surface area contributed by atoms with E-state index in [2.05, 4.69) is 20.7 Å². The molecule has 4 aromatic rings. The van der Waals surface area contributed by atoms with Gasteiger partial charge in [0.25, 0.3) is 5.91 Å². The number of hydrogen-bond donors (Lipinski definition) is 2. The van der Waals surface area contributed by atoms with Crippen LogP contribution in [0.2, 0.25) is 0 Å². The zero-order valence-electron chi connectivity index (χ0n) is 18.7. The minimum atomic E-state index is -1.07. The number of amides is 1. The Hall–Kier alpha value is -4.44. The summed E-state index contributed by atoms with van der Waals surface area (Å²) in [4.78, 5) is 23.7. The second-order valence-electron chi connectivity index (χ2n) is 7.18. The molecule has 0 aliphatic carbocycles. The standard InChI is InChI=1S/C25H21N5O4S/c1-34-20-13-11-19(12-14-20)30-23(17-7-3-2-4-8-17)28-29-25(30)35-16-22(31)27-26-15-18-9-5-6-10-21(18)24(32)33/h2-15H,16H2,1H3,(H,27,31)(H,32,33)/b26-15-. The Bertz CT molecular complexity index is 1350. The monoisotopic (exact) mass is 487 g/mol. The minimum absolute atomic E-state index is 0.0288. The molecule has 0 atom stereocenters. The van der Waals surface area contributed by atoms with Gasteiger partial charge in [-0.15, -0.1) is 10.2 Å². The highest BCUT2D eigenvalue weighted by atomic mass is 32.2. The van der Waals surface area contributed by atoms with Crippen molar-refractivity contribution in [3.05, 3.63) is 90.0 Å². The number of nitrogens with one attached hydrogen (secondary N) is 1. The Morgan fingerprint density at radius 3 is 2.46 bits per heavy atom. The predicted molar refractivity (Wildman–Crippen MR) is 133 cm³/mol. The van der Waals surface area contributed by atoms with Gasteiger partial charge in [-0.2, -0.15) is 5.10 Å². The van der Waals surface area contributed by atoms with E-state index < -0.39 is 5.97 Å². The lowest BCUT2D eigenvalue weighted by Gasteiger charge is -2.11. The molecule has 0 radical (unpaired) electrons. The van der Waals surface area contributed by atoms with Gasteiger partial charge in [0.2, 0.25) is 0 Å². The average Bonchev–Trinajstić information content (AvgIpc) is 3.32. The van der Waals surface area contributed by atoms with E-state index in [9.17, 15) is 14.7 Å². The summed E-state index contributed by atoms with van der Waals surface area (Å²) in [6, 6.07) is 23.5. The SMILES string of the molecule is COc1ccc(-n2c(SCC(=O)N/N=C\c3ccccc3C(=O)O)nnc2-c2ccccc2)cc1. The summed E-state index contributed by atoms with van der Waals surface area (Å²) in [7, 11) is 1.60. The molecule has 35 heavy (non-hydrogen) atoms. The van der Waals surface area contributed by atoms with Crippen molar-refractivity contribution in [2.24, 2.45) is 5.10 Å². The number of hydrogen-bond acceptors (Lipinski definition) is 7. The molecule has 0 unspecified atom stereocenters. The molecule has 0 saturated heterocycles. The highest BCUT2D eigenvalue weighted by Gasteiger charge is 2.17. The van der Waals surface area contributed by atoms with Crippen LogP contribution in [0.5, 0.6) is 5.75 Å². The molecule has 0 fully saturated rings. The molecule has 10 heteroatoms. The van der Waals surface area contributed by atoms with Gasteiger partial charge < -0.3 is 9.84 Å². The number of ether oxygens (including phenoxy) is 1. The number of aromatic carboxylic acids is 1. The molecule has 2 N–H and O–H groups in total. The average molecular weight is 488 g/mol. The van der Waals surface area contributed by atoms with Crippen molar-refractivity contribution in [2.45, 2.75) is 5.16 Å². The predicted octanol–water partition coefficient (Wildman–Crippen LogP) is 3.88. The van der Waals surface area contributed by atoms with E-state index in [1.54, 1.807) is 25.3 Å². The van der Waals surface area contributed by atoms with E-state index in [1.807, 2.05) is 59.2 Å². The number of thioether (sulfide) groups is 1. The number of carbonyl (C=O) groups is 2. The number of nitrogens with zero attached hydrogens (tertiary/aromatic N) is 4. The van der Waals surface area contributed by atoms with Crippen LogP contribution in [0.4, 0.5) is 0 Å². The molecule has 1 amide bonds. The highest BCUT2D eigenvalue weighted by Crippen LogP contribution is 2.28. The van der Waals surface area contributed by atoms with E-state index in [-0.39, 0.29) is 17.2 Å². The maximum Gasteiger partial charge on any atom is 0.336 e. The first-order valence-electron chi connectivity index (χ1n) is 10.5. The van der Waals surface area contributed by atoms with Crippen LogP contribution in [-0.2, 0) is 4.79 Å². The zero-order chi connectivity index (χ0) is 24.6. The molecule has 176 valence electrons. The van der Waals surface area contributed by atoms with Crippen LogP contribution in [0.3, 0.4) is 0 Å². The number of carboxylic acid groups (broad SMARTS) is 1. The number of methoxy groups -OCH3 is 1.